The van der Waals surface area contributed by atoms with Crippen molar-refractivity contribution < 1.29 is 10.0 Å². The highest BCUT2D eigenvalue weighted by Gasteiger charge is 2.20. The third-order valence-electron chi connectivity index (χ3n) is 1.58. The molecule has 0 atom stereocenters. The molecule has 0 amide bonds. The Balaban J connectivity index is 4.94. The number of allylic oxidation sites excluding steroid dienone is 1. The summed E-state index contributed by atoms with van der Waals surface area (Å²) in [7, 11) is 0. The molecule has 80 valence electrons. The summed E-state index contributed by atoms with van der Waals surface area (Å²) in [5, 5.41) is 19.4. The third kappa shape index (κ3) is 3.53. The van der Waals surface area contributed by atoms with Crippen LogP contribution in [0.1, 0.15) is 20.8 Å². The fourth-order valence-corrected chi connectivity index (χ4v) is 0.860. The first-order valence-corrected chi connectivity index (χ1v) is 4.08. The first kappa shape index (κ1) is 12.6. The van der Waals surface area contributed by atoms with E-state index < -0.39 is 10.5 Å². The van der Waals surface area contributed by atoms with Crippen molar-refractivity contribution in [3.63, 3.8) is 0 Å². The molecule has 0 heterocycles. The topological polar surface area (TPSA) is 102 Å². The van der Waals surface area contributed by atoms with E-state index in [9.17, 15) is 10.1 Å². The molecular formula is C8H15N3O3. The van der Waals surface area contributed by atoms with E-state index in [4.69, 9.17) is 10.8 Å². The predicted molar refractivity (Wildman–Crippen MR) is 53.5 cm³/mol. The summed E-state index contributed by atoms with van der Waals surface area (Å²) in [4.78, 5) is 13.9. The van der Waals surface area contributed by atoms with Crippen molar-refractivity contribution in [3.05, 3.63) is 22.0 Å². The van der Waals surface area contributed by atoms with Crippen molar-refractivity contribution in [1.29, 1.82) is 0 Å². The van der Waals surface area contributed by atoms with Gasteiger partial charge in [0.2, 0.25) is 0 Å². The Bertz CT molecular complexity index is 282. The molecule has 0 spiro atoms. The molecule has 0 radical (unpaired) electrons. The van der Waals surface area contributed by atoms with Gasteiger partial charge in [0, 0.05) is 0 Å². The van der Waals surface area contributed by atoms with Crippen molar-refractivity contribution in [2.24, 2.45) is 10.7 Å². The zero-order valence-corrected chi connectivity index (χ0v) is 8.52. The maximum absolute atomic E-state index is 10.5. The number of aliphatic hydroxyl groups is 1. The van der Waals surface area contributed by atoms with Gasteiger partial charge >= 0.3 is 5.70 Å². The molecule has 0 aromatic rings. The van der Waals surface area contributed by atoms with E-state index in [1.165, 1.54) is 6.92 Å². The molecule has 0 aliphatic carbocycles. The van der Waals surface area contributed by atoms with Crippen molar-refractivity contribution in [2.45, 2.75) is 26.3 Å². The molecule has 0 aromatic heterocycles. The van der Waals surface area contributed by atoms with Crippen molar-refractivity contribution in [2.75, 3.05) is 6.61 Å². The van der Waals surface area contributed by atoms with Crippen LogP contribution in [0.15, 0.2) is 16.9 Å². The average Bonchev–Trinajstić information content (AvgIpc) is 2.03. The summed E-state index contributed by atoms with van der Waals surface area (Å²) in [5.74, 6) is 0. The summed E-state index contributed by atoms with van der Waals surface area (Å²) in [5.41, 5.74) is 4.32. The second kappa shape index (κ2) is 4.71. The predicted octanol–water partition coefficient (Wildman–Crippen LogP) is 0.295. The van der Waals surface area contributed by atoms with E-state index in [1.807, 2.05) is 0 Å². The highest BCUT2D eigenvalue weighted by Crippen LogP contribution is 2.10. The standard InChI is InChI=1S/C8H15N3O3/c1-6(7(4-9)11(13)14)10-8(2,3)5-12/h4,12H,5,9H2,1-3H3. The van der Waals surface area contributed by atoms with E-state index in [0.717, 1.165) is 6.20 Å². The maximum Gasteiger partial charge on any atom is 0.305 e. The first-order valence-electron chi connectivity index (χ1n) is 4.08. The lowest BCUT2D eigenvalue weighted by atomic mass is 10.1. The summed E-state index contributed by atoms with van der Waals surface area (Å²) in [6.07, 6.45) is 0.895. The minimum atomic E-state index is -0.728. The Morgan fingerprint density at radius 1 is 1.71 bits per heavy atom. The van der Waals surface area contributed by atoms with Crippen LogP contribution in [0.5, 0.6) is 0 Å². The lowest BCUT2D eigenvalue weighted by Gasteiger charge is -2.16. The van der Waals surface area contributed by atoms with Crippen LogP contribution >= 0.6 is 0 Å². The molecule has 0 aromatic carbocycles. The normalized spacial score (nSPS) is 14.3. The molecule has 6 heteroatoms. The summed E-state index contributed by atoms with van der Waals surface area (Å²) in [6, 6.07) is 0. The molecule has 0 bridgehead atoms. The van der Waals surface area contributed by atoms with Gasteiger partial charge in [0.25, 0.3) is 0 Å². The van der Waals surface area contributed by atoms with Crippen LogP contribution in [0, 0.1) is 10.1 Å². The Morgan fingerprint density at radius 2 is 2.21 bits per heavy atom. The Morgan fingerprint density at radius 3 is 2.50 bits per heavy atom. The molecule has 0 aliphatic heterocycles. The highest BCUT2D eigenvalue weighted by atomic mass is 16.6. The minimum absolute atomic E-state index is 0.181. The maximum atomic E-state index is 10.5. The van der Waals surface area contributed by atoms with Crippen molar-refractivity contribution in [3.8, 4) is 0 Å². The zero-order chi connectivity index (χ0) is 11.4. The number of nitrogens with zero attached hydrogens (tertiary/aromatic N) is 2. The Hall–Kier alpha value is -1.43. The lowest BCUT2D eigenvalue weighted by molar-refractivity contribution is -0.415. The minimum Gasteiger partial charge on any atom is -0.399 e. The molecular weight excluding hydrogens is 186 g/mol. The molecule has 0 saturated heterocycles. The van der Waals surface area contributed by atoms with Crippen LogP contribution in [0.25, 0.3) is 0 Å². The van der Waals surface area contributed by atoms with Gasteiger partial charge in [0.1, 0.15) is 5.71 Å². The largest absolute Gasteiger partial charge is 0.399 e. The summed E-state index contributed by atoms with van der Waals surface area (Å²) in [6.45, 7) is 4.65. The number of aliphatic imine (C=N–C) groups is 1. The SMILES string of the molecule is CC(=NC(C)(C)CO)C(=CN)[N+](=O)[O-]. The number of aliphatic hydroxyl groups excluding tert-OH is 1. The molecule has 6 nitrogen and oxygen atoms in total. The molecule has 0 rings (SSSR count). The van der Waals surface area contributed by atoms with Crippen LogP contribution in [-0.4, -0.2) is 27.9 Å². The van der Waals surface area contributed by atoms with Gasteiger partial charge in [0.05, 0.1) is 23.3 Å². The fraction of sp³-hybridized carbons (Fsp3) is 0.625. The smallest absolute Gasteiger partial charge is 0.305 e. The molecule has 0 aliphatic rings. The van der Waals surface area contributed by atoms with Gasteiger partial charge < -0.3 is 10.8 Å². The first-order chi connectivity index (χ1) is 6.34. The van der Waals surface area contributed by atoms with Crippen molar-refractivity contribution >= 4 is 5.71 Å². The van der Waals surface area contributed by atoms with E-state index in [0.29, 0.717) is 0 Å². The van der Waals surface area contributed by atoms with Gasteiger partial charge in [-0.05, 0) is 20.8 Å². The zero-order valence-electron chi connectivity index (χ0n) is 8.52. The van der Waals surface area contributed by atoms with Crippen molar-refractivity contribution in [1.82, 2.24) is 0 Å². The van der Waals surface area contributed by atoms with Gasteiger partial charge in [-0.25, -0.2) is 0 Å². The van der Waals surface area contributed by atoms with Gasteiger partial charge in [0.15, 0.2) is 0 Å². The second-order valence-corrected chi connectivity index (χ2v) is 3.48. The third-order valence-corrected chi connectivity index (χ3v) is 1.58. The number of hydrogen-bond donors (Lipinski definition) is 2. The Kier molecular flexibility index (Phi) is 4.23. The van der Waals surface area contributed by atoms with Crippen LogP contribution in [0.3, 0.4) is 0 Å². The summed E-state index contributed by atoms with van der Waals surface area (Å²) < 4.78 is 0. The second-order valence-electron chi connectivity index (χ2n) is 3.48. The van der Waals surface area contributed by atoms with Crippen LogP contribution in [0.2, 0.25) is 0 Å². The molecule has 3 N–H and O–H groups in total. The number of rotatable bonds is 4. The quantitative estimate of drug-likeness (QED) is 0.388. The summed E-state index contributed by atoms with van der Waals surface area (Å²) >= 11 is 0. The average molecular weight is 201 g/mol. The fourth-order valence-electron chi connectivity index (χ4n) is 0.860. The van der Waals surface area contributed by atoms with E-state index >= 15 is 0 Å². The van der Waals surface area contributed by atoms with Gasteiger partial charge in [-0.2, -0.15) is 0 Å². The number of nitrogens with two attached hydrogens (primary N) is 1. The Labute approximate surface area is 82.3 Å². The van der Waals surface area contributed by atoms with Crippen LogP contribution in [0.4, 0.5) is 0 Å². The van der Waals surface area contributed by atoms with E-state index in [-0.39, 0.29) is 18.0 Å². The van der Waals surface area contributed by atoms with Crippen LogP contribution in [-0.2, 0) is 0 Å². The number of nitro groups is 1. The van der Waals surface area contributed by atoms with Gasteiger partial charge in [-0.15, -0.1) is 0 Å². The van der Waals surface area contributed by atoms with E-state index in [2.05, 4.69) is 4.99 Å². The monoisotopic (exact) mass is 201 g/mol. The molecule has 0 unspecified atom stereocenters. The van der Waals surface area contributed by atoms with Gasteiger partial charge in [-0.1, -0.05) is 0 Å². The van der Waals surface area contributed by atoms with Gasteiger partial charge in [-0.3, -0.25) is 15.1 Å². The molecule has 0 fully saturated rings. The van der Waals surface area contributed by atoms with Crippen LogP contribution < -0.4 is 5.73 Å². The molecule has 0 saturated carbocycles. The van der Waals surface area contributed by atoms with E-state index in [1.54, 1.807) is 13.8 Å². The molecule has 14 heavy (non-hydrogen) atoms. The highest BCUT2D eigenvalue weighted by molar-refractivity contribution is 5.96. The number of hydrogen-bond acceptors (Lipinski definition) is 5. The lowest BCUT2D eigenvalue weighted by Crippen LogP contribution is -2.25.